The Labute approximate surface area is 129 Å². The van der Waals surface area contributed by atoms with Crippen molar-refractivity contribution in [3.63, 3.8) is 0 Å². The first kappa shape index (κ1) is 15.8. The molecule has 0 N–H and O–H groups in total. The van der Waals surface area contributed by atoms with Crippen LogP contribution in [0.25, 0.3) is 0 Å². The number of likely N-dealkylation sites (tertiary alicyclic amines) is 1. The smallest absolute Gasteiger partial charge is 0.214 e. The molecule has 0 spiro atoms. The van der Waals surface area contributed by atoms with Crippen molar-refractivity contribution in [2.24, 2.45) is 5.92 Å². The normalized spacial score (nSPS) is 31.9. The first-order valence-corrected chi connectivity index (χ1v) is 10.5. The molecule has 1 saturated carbocycles. The van der Waals surface area contributed by atoms with Crippen molar-refractivity contribution in [2.45, 2.75) is 63.8 Å². The van der Waals surface area contributed by atoms with Crippen LogP contribution in [0.5, 0.6) is 0 Å². The first-order chi connectivity index (χ1) is 10.1. The average molecular weight is 314 g/mol. The lowest BCUT2D eigenvalue weighted by molar-refractivity contribution is 0.148. The maximum atomic E-state index is 12.1. The fourth-order valence-corrected chi connectivity index (χ4v) is 6.20. The molecule has 3 aliphatic rings. The van der Waals surface area contributed by atoms with E-state index in [4.69, 9.17) is 0 Å². The molecular formula is C16H30N2O2S. The second-order valence-electron chi connectivity index (χ2n) is 7.17. The van der Waals surface area contributed by atoms with Gasteiger partial charge in [0.05, 0.1) is 5.75 Å². The van der Waals surface area contributed by atoms with Crippen LogP contribution in [0.15, 0.2) is 0 Å². The van der Waals surface area contributed by atoms with Crippen LogP contribution in [-0.2, 0) is 10.0 Å². The van der Waals surface area contributed by atoms with Crippen LogP contribution >= 0.6 is 0 Å². The molecule has 1 atom stereocenters. The van der Waals surface area contributed by atoms with E-state index in [1.807, 2.05) is 0 Å². The minimum atomic E-state index is -2.94. The molecule has 3 rings (SSSR count). The van der Waals surface area contributed by atoms with E-state index in [2.05, 4.69) is 4.90 Å². The standard InChI is InChI=1S/C16H30N2O2S/c19-21(20)13-5-12-18(21)16-9-4-11-17(14-16)10-3-8-15-6-1-2-7-15/h15-16H,1-14H2. The van der Waals surface area contributed by atoms with Crippen LogP contribution in [0, 0.1) is 5.92 Å². The summed E-state index contributed by atoms with van der Waals surface area (Å²) >= 11 is 0. The highest BCUT2D eigenvalue weighted by Gasteiger charge is 2.36. The van der Waals surface area contributed by atoms with Crippen molar-refractivity contribution in [3.05, 3.63) is 0 Å². The molecule has 0 aromatic carbocycles. The number of hydrogen-bond donors (Lipinski definition) is 0. The Balaban J connectivity index is 1.44. The molecule has 1 aliphatic carbocycles. The van der Waals surface area contributed by atoms with Crippen LogP contribution in [-0.4, -0.2) is 55.6 Å². The molecule has 3 fully saturated rings. The third kappa shape index (κ3) is 3.99. The van der Waals surface area contributed by atoms with Gasteiger partial charge >= 0.3 is 0 Å². The summed E-state index contributed by atoms with van der Waals surface area (Å²) in [6.07, 6.45) is 11.4. The Hall–Kier alpha value is -0.130. The maximum Gasteiger partial charge on any atom is 0.214 e. The molecule has 4 nitrogen and oxygen atoms in total. The quantitative estimate of drug-likeness (QED) is 0.782. The predicted octanol–water partition coefficient (Wildman–Crippen LogP) is 2.46. The van der Waals surface area contributed by atoms with Gasteiger partial charge in [0.2, 0.25) is 10.0 Å². The molecule has 2 aliphatic heterocycles. The average Bonchev–Trinajstić information content (AvgIpc) is 3.08. The summed E-state index contributed by atoms with van der Waals surface area (Å²) in [4.78, 5) is 2.51. The second-order valence-corrected chi connectivity index (χ2v) is 9.21. The van der Waals surface area contributed by atoms with Gasteiger partial charge < -0.3 is 4.90 Å². The van der Waals surface area contributed by atoms with E-state index in [1.54, 1.807) is 4.31 Å². The van der Waals surface area contributed by atoms with Gasteiger partial charge in [0.15, 0.2) is 0 Å². The molecule has 0 amide bonds. The SMILES string of the molecule is O=S1(=O)CCCN1C1CCCN(CCCC2CCCC2)C1. The highest BCUT2D eigenvalue weighted by atomic mass is 32.2. The molecule has 21 heavy (non-hydrogen) atoms. The van der Waals surface area contributed by atoms with E-state index in [9.17, 15) is 8.42 Å². The third-order valence-corrected chi connectivity index (χ3v) is 7.59. The molecule has 122 valence electrons. The summed E-state index contributed by atoms with van der Waals surface area (Å²) in [6.45, 7) is 4.04. The Morgan fingerprint density at radius 2 is 1.76 bits per heavy atom. The Morgan fingerprint density at radius 3 is 2.48 bits per heavy atom. The van der Waals surface area contributed by atoms with E-state index in [0.717, 1.165) is 44.8 Å². The first-order valence-electron chi connectivity index (χ1n) is 8.87. The number of nitrogens with zero attached hydrogens (tertiary/aromatic N) is 2. The van der Waals surface area contributed by atoms with Crippen molar-refractivity contribution in [1.29, 1.82) is 0 Å². The third-order valence-electron chi connectivity index (χ3n) is 5.59. The Bertz CT molecular complexity index is 432. The van der Waals surface area contributed by atoms with Gasteiger partial charge in [-0.15, -0.1) is 0 Å². The van der Waals surface area contributed by atoms with Gasteiger partial charge in [0.1, 0.15) is 0 Å². The molecule has 0 bridgehead atoms. The van der Waals surface area contributed by atoms with Gasteiger partial charge in [-0.25, -0.2) is 8.42 Å². The van der Waals surface area contributed by atoms with Gasteiger partial charge in [-0.1, -0.05) is 25.7 Å². The van der Waals surface area contributed by atoms with Crippen molar-refractivity contribution < 1.29 is 8.42 Å². The molecular weight excluding hydrogens is 284 g/mol. The van der Waals surface area contributed by atoms with Crippen molar-refractivity contribution in [2.75, 3.05) is 31.9 Å². The molecule has 2 saturated heterocycles. The van der Waals surface area contributed by atoms with E-state index >= 15 is 0 Å². The summed E-state index contributed by atoms with van der Waals surface area (Å²) in [5.74, 6) is 1.34. The summed E-state index contributed by atoms with van der Waals surface area (Å²) in [5, 5.41) is 0. The van der Waals surface area contributed by atoms with Crippen LogP contribution < -0.4 is 0 Å². The van der Waals surface area contributed by atoms with Crippen molar-refractivity contribution in [1.82, 2.24) is 9.21 Å². The number of hydrogen-bond acceptors (Lipinski definition) is 3. The molecule has 0 aromatic heterocycles. The lowest BCUT2D eigenvalue weighted by Crippen LogP contribution is -2.48. The van der Waals surface area contributed by atoms with E-state index in [0.29, 0.717) is 5.75 Å². The highest BCUT2D eigenvalue weighted by Crippen LogP contribution is 2.29. The summed E-state index contributed by atoms with van der Waals surface area (Å²) in [6, 6.07) is 0.248. The monoisotopic (exact) mass is 314 g/mol. The minimum Gasteiger partial charge on any atom is -0.302 e. The molecule has 5 heteroatoms. The zero-order valence-electron chi connectivity index (χ0n) is 13.2. The highest BCUT2D eigenvalue weighted by molar-refractivity contribution is 7.89. The summed E-state index contributed by atoms with van der Waals surface area (Å²) in [5.41, 5.74) is 0. The van der Waals surface area contributed by atoms with E-state index < -0.39 is 10.0 Å². The lowest BCUT2D eigenvalue weighted by atomic mass is 10.0. The van der Waals surface area contributed by atoms with Gasteiger partial charge in [0.25, 0.3) is 0 Å². The minimum absolute atomic E-state index is 0.248. The van der Waals surface area contributed by atoms with Crippen molar-refractivity contribution >= 4 is 10.0 Å². The van der Waals surface area contributed by atoms with Crippen molar-refractivity contribution in [3.8, 4) is 0 Å². The second kappa shape index (κ2) is 6.97. The molecule has 2 heterocycles. The topological polar surface area (TPSA) is 40.6 Å². The molecule has 1 unspecified atom stereocenters. The van der Waals surface area contributed by atoms with Gasteiger partial charge in [-0.2, -0.15) is 4.31 Å². The van der Waals surface area contributed by atoms with Crippen LogP contribution in [0.4, 0.5) is 0 Å². The van der Waals surface area contributed by atoms with E-state index in [1.165, 1.54) is 45.1 Å². The molecule has 0 aromatic rings. The zero-order chi connectivity index (χ0) is 14.7. The largest absolute Gasteiger partial charge is 0.302 e. The number of rotatable bonds is 5. The molecule has 0 radical (unpaired) electrons. The zero-order valence-corrected chi connectivity index (χ0v) is 14.0. The fraction of sp³-hybridized carbons (Fsp3) is 1.00. The van der Waals surface area contributed by atoms with Gasteiger partial charge in [-0.05, 0) is 51.1 Å². The maximum absolute atomic E-state index is 12.1. The number of sulfonamides is 1. The van der Waals surface area contributed by atoms with Gasteiger partial charge in [-0.3, -0.25) is 0 Å². The summed E-state index contributed by atoms with van der Waals surface area (Å²) in [7, 11) is -2.94. The van der Waals surface area contributed by atoms with Crippen LogP contribution in [0.1, 0.15) is 57.8 Å². The Morgan fingerprint density at radius 1 is 0.952 bits per heavy atom. The Kier molecular flexibility index (Phi) is 5.23. The fourth-order valence-electron chi connectivity index (χ4n) is 4.44. The van der Waals surface area contributed by atoms with Gasteiger partial charge in [0, 0.05) is 19.1 Å². The number of piperidine rings is 1. The van der Waals surface area contributed by atoms with Crippen LogP contribution in [0.3, 0.4) is 0 Å². The van der Waals surface area contributed by atoms with Crippen LogP contribution in [0.2, 0.25) is 0 Å². The summed E-state index contributed by atoms with van der Waals surface area (Å²) < 4.78 is 25.9. The lowest BCUT2D eigenvalue weighted by Gasteiger charge is -2.36. The van der Waals surface area contributed by atoms with E-state index in [-0.39, 0.29) is 6.04 Å². The predicted molar refractivity (Wildman–Crippen MR) is 85.8 cm³/mol.